The lowest BCUT2D eigenvalue weighted by Crippen LogP contribution is -2.53. The average Bonchev–Trinajstić information content (AvgIpc) is 3.05. The standard InChI is InChI=1S/C23H34N2O3S/c1-14(2)12-25(16-10-8-15(9-11-16)19(26)27)20-24-17-18(29-20)21(3,4)13-23(7,28)22(17,5)6/h8-11,14,20,24,28H,12-13H2,1-7H3,(H,26,27). The molecule has 0 radical (unpaired) electrons. The van der Waals surface area contributed by atoms with Gasteiger partial charge in [-0.05, 0) is 43.5 Å². The van der Waals surface area contributed by atoms with Gasteiger partial charge in [0, 0.05) is 33.7 Å². The van der Waals surface area contributed by atoms with E-state index in [2.05, 4.69) is 51.8 Å². The second kappa shape index (κ2) is 7.24. The fraction of sp³-hybridized carbons (Fsp3) is 0.609. The number of anilines is 1. The summed E-state index contributed by atoms with van der Waals surface area (Å²) in [6.45, 7) is 15.8. The summed E-state index contributed by atoms with van der Waals surface area (Å²) < 4.78 is 0. The first kappa shape index (κ1) is 22.0. The zero-order chi connectivity index (χ0) is 21.8. The number of nitrogens with zero attached hydrogens (tertiary/aromatic N) is 1. The van der Waals surface area contributed by atoms with Crippen LogP contribution in [0.3, 0.4) is 0 Å². The molecular weight excluding hydrogens is 384 g/mol. The summed E-state index contributed by atoms with van der Waals surface area (Å²) >= 11 is 1.83. The smallest absolute Gasteiger partial charge is 0.335 e. The van der Waals surface area contributed by atoms with Crippen molar-refractivity contribution in [1.29, 1.82) is 0 Å². The Balaban J connectivity index is 1.95. The molecule has 1 aliphatic heterocycles. The molecule has 2 aliphatic rings. The molecule has 3 N–H and O–H groups in total. The highest BCUT2D eigenvalue weighted by Gasteiger charge is 2.55. The van der Waals surface area contributed by atoms with Crippen LogP contribution in [0.15, 0.2) is 34.9 Å². The molecule has 5 nitrogen and oxygen atoms in total. The fourth-order valence-corrected chi connectivity index (χ4v) is 6.01. The van der Waals surface area contributed by atoms with Crippen LogP contribution in [-0.4, -0.2) is 33.8 Å². The predicted octanol–water partition coefficient (Wildman–Crippen LogP) is 4.89. The van der Waals surface area contributed by atoms with Gasteiger partial charge in [0.15, 0.2) is 5.50 Å². The molecule has 0 spiro atoms. The summed E-state index contributed by atoms with van der Waals surface area (Å²) in [5.74, 6) is -0.471. The Morgan fingerprint density at radius 2 is 1.79 bits per heavy atom. The number of thioether (sulfide) groups is 1. The zero-order valence-corrected chi connectivity index (χ0v) is 19.4. The van der Waals surface area contributed by atoms with Crippen molar-refractivity contribution in [2.24, 2.45) is 16.7 Å². The third-order valence-electron chi connectivity index (χ3n) is 6.39. The molecule has 1 heterocycles. The third-order valence-corrected chi connectivity index (χ3v) is 7.98. The van der Waals surface area contributed by atoms with Gasteiger partial charge in [-0.3, -0.25) is 0 Å². The number of nitrogens with one attached hydrogen (secondary N) is 1. The maximum atomic E-state index is 11.2. The molecule has 0 amide bonds. The van der Waals surface area contributed by atoms with E-state index in [0.29, 0.717) is 17.9 Å². The summed E-state index contributed by atoms with van der Waals surface area (Å²) in [6, 6.07) is 7.10. The van der Waals surface area contributed by atoms with Crippen LogP contribution in [0, 0.1) is 16.7 Å². The van der Waals surface area contributed by atoms with E-state index >= 15 is 0 Å². The monoisotopic (exact) mass is 418 g/mol. The Kier molecular flexibility index (Phi) is 5.50. The average molecular weight is 419 g/mol. The molecule has 6 heteroatoms. The van der Waals surface area contributed by atoms with Gasteiger partial charge in [-0.25, -0.2) is 4.79 Å². The number of carboxylic acids is 1. The van der Waals surface area contributed by atoms with E-state index in [4.69, 9.17) is 0 Å². The number of hydrogen-bond acceptors (Lipinski definition) is 5. The lowest BCUT2D eigenvalue weighted by molar-refractivity contribution is -0.0701. The van der Waals surface area contributed by atoms with Gasteiger partial charge in [0.25, 0.3) is 0 Å². The van der Waals surface area contributed by atoms with Crippen LogP contribution < -0.4 is 10.2 Å². The Morgan fingerprint density at radius 1 is 1.21 bits per heavy atom. The van der Waals surface area contributed by atoms with Gasteiger partial charge in [0.1, 0.15) is 0 Å². The van der Waals surface area contributed by atoms with Crippen molar-refractivity contribution < 1.29 is 15.0 Å². The van der Waals surface area contributed by atoms with E-state index < -0.39 is 11.6 Å². The second-order valence-electron chi connectivity index (χ2n) is 10.2. The summed E-state index contributed by atoms with van der Waals surface area (Å²) in [7, 11) is 0. The number of carboxylic acid groups (broad SMARTS) is 1. The summed E-state index contributed by atoms with van der Waals surface area (Å²) in [4.78, 5) is 14.9. The quantitative estimate of drug-likeness (QED) is 0.633. The van der Waals surface area contributed by atoms with Gasteiger partial charge >= 0.3 is 5.97 Å². The molecule has 1 aliphatic carbocycles. The van der Waals surface area contributed by atoms with Crippen molar-refractivity contribution in [2.45, 2.75) is 66.0 Å². The first-order valence-corrected chi connectivity index (χ1v) is 11.1. The molecule has 0 saturated carbocycles. The van der Waals surface area contributed by atoms with Crippen molar-refractivity contribution in [1.82, 2.24) is 5.32 Å². The van der Waals surface area contributed by atoms with Crippen LogP contribution in [0.1, 0.15) is 65.2 Å². The minimum atomic E-state index is -0.914. The van der Waals surface area contributed by atoms with Gasteiger partial charge in [-0.2, -0.15) is 0 Å². The highest BCUT2D eigenvalue weighted by Crippen LogP contribution is 2.59. The van der Waals surface area contributed by atoms with Crippen LogP contribution >= 0.6 is 11.8 Å². The lowest BCUT2D eigenvalue weighted by Gasteiger charge is -2.50. The number of aromatic carboxylic acids is 1. The number of rotatable bonds is 5. The fourth-order valence-electron chi connectivity index (χ4n) is 4.45. The van der Waals surface area contributed by atoms with Crippen molar-refractivity contribution in [2.75, 3.05) is 11.4 Å². The van der Waals surface area contributed by atoms with Crippen molar-refractivity contribution in [3.05, 3.63) is 40.4 Å². The number of carbonyl (C=O) groups is 1. The molecule has 0 fully saturated rings. The molecule has 3 rings (SSSR count). The molecule has 2 atom stereocenters. The first-order chi connectivity index (χ1) is 13.3. The Hall–Kier alpha value is -1.66. The molecule has 0 aromatic heterocycles. The van der Waals surface area contributed by atoms with Crippen molar-refractivity contribution in [3.63, 3.8) is 0 Å². The van der Waals surface area contributed by atoms with E-state index in [1.807, 2.05) is 30.8 Å². The minimum absolute atomic E-state index is 0.00512. The van der Waals surface area contributed by atoms with Crippen molar-refractivity contribution in [3.8, 4) is 0 Å². The van der Waals surface area contributed by atoms with E-state index in [-0.39, 0.29) is 16.3 Å². The van der Waals surface area contributed by atoms with Crippen molar-refractivity contribution >= 4 is 23.4 Å². The van der Waals surface area contributed by atoms with Gasteiger partial charge in [0.2, 0.25) is 0 Å². The number of aliphatic hydroxyl groups is 1. The normalized spacial score (nSPS) is 27.6. The summed E-state index contributed by atoms with van der Waals surface area (Å²) in [5.41, 5.74) is 1.13. The van der Waals surface area contributed by atoms with Crippen LogP contribution in [0.4, 0.5) is 5.69 Å². The largest absolute Gasteiger partial charge is 0.478 e. The van der Waals surface area contributed by atoms with E-state index in [1.54, 1.807) is 12.1 Å². The van der Waals surface area contributed by atoms with Crippen LogP contribution in [-0.2, 0) is 0 Å². The Labute approximate surface area is 178 Å². The van der Waals surface area contributed by atoms with E-state index in [0.717, 1.165) is 17.9 Å². The molecule has 1 aromatic rings. The van der Waals surface area contributed by atoms with Gasteiger partial charge in [0.05, 0.1) is 11.2 Å². The maximum Gasteiger partial charge on any atom is 0.335 e. The number of hydrogen-bond donors (Lipinski definition) is 3. The molecule has 2 unspecified atom stereocenters. The second-order valence-corrected chi connectivity index (χ2v) is 11.3. The predicted molar refractivity (Wildman–Crippen MR) is 120 cm³/mol. The number of allylic oxidation sites excluding steroid dienone is 1. The zero-order valence-electron chi connectivity index (χ0n) is 18.5. The molecular formula is C23H34N2O3S. The Morgan fingerprint density at radius 3 is 2.31 bits per heavy atom. The van der Waals surface area contributed by atoms with Gasteiger partial charge in [-0.15, -0.1) is 0 Å². The van der Waals surface area contributed by atoms with Crippen LogP contribution in [0.2, 0.25) is 0 Å². The molecule has 1 aromatic carbocycles. The van der Waals surface area contributed by atoms with E-state index in [9.17, 15) is 15.0 Å². The Bertz CT molecular complexity index is 825. The topological polar surface area (TPSA) is 72.8 Å². The number of benzene rings is 1. The third kappa shape index (κ3) is 3.89. The van der Waals surface area contributed by atoms with E-state index in [1.165, 1.54) is 4.91 Å². The van der Waals surface area contributed by atoms with Gasteiger partial charge < -0.3 is 20.4 Å². The summed E-state index contributed by atoms with van der Waals surface area (Å²) in [6.07, 6.45) is 0.713. The van der Waals surface area contributed by atoms with Crippen LogP contribution in [0.25, 0.3) is 0 Å². The highest BCUT2D eigenvalue weighted by molar-refractivity contribution is 8.04. The first-order valence-electron chi connectivity index (χ1n) is 10.3. The molecule has 29 heavy (non-hydrogen) atoms. The molecule has 160 valence electrons. The van der Waals surface area contributed by atoms with Gasteiger partial charge in [-0.1, -0.05) is 53.3 Å². The lowest BCUT2D eigenvalue weighted by atomic mass is 9.61. The maximum absolute atomic E-state index is 11.2. The molecule has 0 bridgehead atoms. The minimum Gasteiger partial charge on any atom is -0.478 e. The SMILES string of the molecule is CC(C)CN(c1ccc(C(=O)O)cc1)C1NC2=C(S1)C(C)(C)CC(C)(O)C2(C)C. The highest BCUT2D eigenvalue weighted by atomic mass is 32.2. The molecule has 0 saturated heterocycles. The summed E-state index contributed by atoms with van der Waals surface area (Å²) in [5, 5.41) is 24.1. The van der Waals surface area contributed by atoms with Crippen LogP contribution in [0.5, 0.6) is 0 Å².